The number of halogens is 2. The fraction of sp³-hybridized carbons (Fsp3) is 0.800. The van der Waals surface area contributed by atoms with E-state index in [-0.39, 0.29) is 7.97 Å². The largest absolute Gasteiger partial charge is 0.480 e. The summed E-state index contributed by atoms with van der Waals surface area (Å²) in [5.41, 5.74) is 10.8. The van der Waals surface area contributed by atoms with Gasteiger partial charge in [0.15, 0.2) is 0 Å². The first-order valence-corrected chi connectivity index (χ1v) is 5.46. The second-order valence-electron chi connectivity index (χ2n) is 2.13. The van der Waals surface area contributed by atoms with Gasteiger partial charge < -0.3 is 16.6 Å². The fourth-order valence-electron chi connectivity index (χ4n) is 0.516. The third-order valence-corrected chi connectivity index (χ3v) is 2.92. The topological polar surface area (TPSA) is 89.3 Å². The lowest BCUT2D eigenvalue weighted by Gasteiger charge is -2.14. The maximum Gasteiger partial charge on any atom is 0.321 e. The van der Waals surface area contributed by atoms with Gasteiger partial charge in [-0.25, -0.2) is 0 Å². The molecule has 0 radical (unpaired) electrons. The molecule has 0 saturated heterocycles. The molecule has 0 amide bonds. The number of carbonyl (C=O) groups is 1. The summed E-state index contributed by atoms with van der Waals surface area (Å²) < 4.78 is -0.128. The Balaban J connectivity index is 3.82. The lowest BCUT2D eigenvalue weighted by atomic mass is 10.2. The highest BCUT2D eigenvalue weighted by Gasteiger charge is 2.22. The predicted molar refractivity (Wildman–Crippen MR) is 60.0 cm³/mol. The zero-order chi connectivity index (χ0) is 9.02. The average molecular weight is 384 g/mol. The molecule has 0 bridgehead atoms. The number of aliphatic carboxylic acids is 1. The standard InChI is InChI=1S/C5H10I2N2O2/c6-2(1-3(7)8)4(9)5(10)11/h2-4H,1,8-9H2,(H,10,11)/t2?,3?,4-/m1/s1. The van der Waals surface area contributed by atoms with E-state index < -0.39 is 12.0 Å². The van der Waals surface area contributed by atoms with Crippen molar-refractivity contribution >= 4 is 51.2 Å². The van der Waals surface area contributed by atoms with Gasteiger partial charge in [0.1, 0.15) is 6.04 Å². The third-order valence-electron chi connectivity index (χ3n) is 1.13. The minimum atomic E-state index is -0.971. The highest BCUT2D eigenvalue weighted by molar-refractivity contribution is 14.1. The number of alkyl halides is 2. The minimum Gasteiger partial charge on any atom is -0.480 e. The molecule has 0 heterocycles. The zero-order valence-electron chi connectivity index (χ0n) is 5.71. The van der Waals surface area contributed by atoms with Crippen LogP contribution in [0.5, 0.6) is 0 Å². The van der Waals surface area contributed by atoms with E-state index in [4.69, 9.17) is 16.6 Å². The maximum atomic E-state index is 10.3. The summed E-state index contributed by atoms with van der Waals surface area (Å²) in [5, 5.41) is 8.49. The van der Waals surface area contributed by atoms with Crippen LogP contribution in [0.3, 0.4) is 0 Å². The van der Waals surface area contributed by atoms with Crippen LogP contribution in [0.4, 0.5) is 0 Å². The molecule has 4 nitrogen and oxygen atoms in total. The lowest BCUT2D eigenvalue weighted by Crippen LogP contribution is -2.40. The van der Waals surface area contributed by atoms with Gasteiger partial charge in [0.2, 0.25) is 0 Å². The van der Waals surface area contributed by atoms with Gasteiger partial charge in [-0.05, 0) is 6.42 Å². The summed E-state index contributed by atoms with van der Waals surface area (Å²) in [6.07, 6.45) is 0.620. The number of rotatable bonds is 4. The van der Waals surface area contributed by atoms with Crippen LogP contribution in [0.1, 0.15) is 6.42 Å². The molecule has 0 aromatic carbocycles. The molecule has 0 saturated carbocycles. The molecular weight excluding hydrogens is 374 g/mol. The first-order valence-electron chi connectivity index (χ1n) is 2.97. The van der Waals surface area contributed by atoms with E-state index >= 15 is 0 Å². The van der Waals surface area contributed by atoms with E-state index in [0.29, 0.717) is 6.42 Å². The summed E-state index contributed by atoms with van der Waals surface area (Å²) in [5.74, 6) is -0.971. The van der Waals surface area contributed by atoms with E-state index in [0.717, 1.165) is 0 Å². The van der Waals surface area contributed by atoms with E-state index in [9.17, 15) is 4.79 Å². The highest BCUT2D eigenvalue weighted by Crippen LogP contribution is 2.14. The van der Waals surface area contributed by atoms with E-state index in [1.54, 1.807) is 0 Å². The van der Waals surface area contributed by atoms with E-state index in [1.165, 1.54) is 0 Å². The maximum absolute atomic E-state index is 10.3. The van der Waals surface area contributed by atoms with Gasteiger partial charge in [0, 0.05) is 3.92 Å². The Hall–Kier alpha value is 0.850. The van der Waals surface area contributed by atoms with Crippen LogP contribution in [-0.2, 0) is 4.79 Å². The molecule has 6 heteroatoms. The first kappa shape index (κ1) is 11.8. The Kier molecular flexibility index (Phi) is 5.91. The van der Waals surface area contributed by atoms with Gasteiger partial charge in [0.25, 0.3) is 0 Å². The monoisotopic (exact) mass is 384 g/mol. The van der Waals surface area contributed by atoms with Crippen molar-refractivity contribution in [1.29, 1.82) is 0 Å². The number of carboxylic acids is 1. The van der Waals surface area contributed by atoms with Crippen LogP contribution < -0.4 is 11.5 Å². The Bertz CT molecular complexity index is 142. The molecule has 3 atom stereocenters. The van der Waals surface area contributed by atoms with E-state index in [1.807, 2.05) is 45.2 Å². The van der Waals surface area contributed by atoms with Crippen LogP contribution in [0.25, 0.3) is 0 Å². The van der Waals surface area contributed by atoms with Crippen molar-refractivity contribution in [3.63, 3.8) is 0 Å². The van der Waals surface area contributed by atoms with Gasteiger partial charge >= 0.3 is 5.97 Å². The van der Waals surface area contributed by atoms with Crippen molar-refractivity contribution in [2.24, 2.45) is 11.5 Å². The van der Waals surface area contributed by atoms with Crippen LogP contribution in [-0.4, -0.2) is 25.1 Å². The smallest absolute Gasteiger partial charge is 0.321 e. The molecule has 11 heavy (non-hydrogen) atoms. The molecule has 66 valence electrons. The summed E-state index contributed by atoms with van der Waals surface area (Å²) in [4.78, 5) is 10.3. The summed E-state index contributed by atoms with van der Waals surface area (Å²) in [6, 6.07) is -0.809. The molecule has 2 unspecified atom stereocenters. The summed E-state index contributed by atoms with van der Waals surface area (Å²) in [6.45, 7) is 0. The number of hydrogen-bond donors (Lipinski definition) is 3. The Morgan fingerprint density at radius 3 is 2.18 bits per heavy atom. The molecule has 0 aromatic heterocycles. The zero-order valence-corrected chi connectivity index (χ0v) is 10.0. The minimum absolute atomic E-state index is 0.0279. The molecule has 0 fully saturated rings. The van der Waals surface area contributed by atoms with Crippen molar-refractivity contribution < 1.29 is 9.90 Å². The van der Waals surface area contributed by atoms with Gasteiger partial charge in [-0.1, -0.05) is 45.2 Å². The first-order chi connectivity index (χ1) is 4.95. The second-order valence-corrected chi connectivity index (χ2v) is 5.33. The predicted octanol–water partition coefficient (Wildman–Crippen LogP) is 0.312. The molecule has 5 N–H and O–H groups in total. The average Bonchev–Trinajstić information content (AvgIpc) is 1.84. The number of hydrogen-bond acceptors (Lipinski definition) is 3. The molecular formula is C5H10I2N2O2. The summed E-state index contributed by atoms with van der Waals surface area (Å²) >= 11 is 4.05. The fourth-order valence-corrected chi connectivity index (χ4v) is 2.89. The molecule has 0 aliphatic rings. The number of carboxylic acid groups (broad SMARTS) is 1. The van der Waals surface area contributed by atoms with Gasteiger partial charge in [-0.3, -0.25) is 4.79 Å². The van der Waals surface area contributed by atoms with Crippen molar-refractivity contribution in [2.75, 3.05) is 0 Å². The van der Waals surface area contributed by atoms with Crippen LogP contribution in [0, 0.1) is 0 Å². The Labute approximate surface area is 92.4 Å². The van der Waals surface area contributed by atoms with Crippen LogP contribution in [0.15, 0.2) is 0 Å². The normalized spacial score (nSPS) is 18.9. The molecule has 0 rings (SSSR count). The Morgan fingerprint density at radius 1 is 1.45 bits per heavy atom. The van der Waals surface area contributed by atoms with E-state index in [2.05, 4.69) is 0 Å². The quantitative estimate of drug-likeness (QED) is 0.370. The Morgan fingerprint density at radius 2 is 1.91 bits per heavy atom. The molecule has 0 aromatic rings. The van der Waals surface area contributed by atoms with Gasteiger partial charge in [-0.2, -0.15) is 0 Å². The van der Waals surface area contributed by atoms with Crippen molar-refractivity contribution in [2.45, 2.75) is 20.4 Å². The SMILES string of the molecule is NC(I)CC(I)[C@@H](N)C(=O)O. The summed E-state index contributed by atoms with van der Waals surface area (Å²) in [7, 11) is 0. The van der Waals surface area contributed by atoms with Crippen molar-refractivity contribution in [1.82, 2.24) is 0 Å². The van der Waals surface area contributed by atoms with Crippen molar-refractivity contribution in [3.05, 3.63) is 0 Å². The second kappa shape index (κ2) is 5.49. The van der Waals surface area contributed by atoms with Crippen LogP contribution in [0.2, 0.25) is 0 Å². The molecule has 0 aliphatic heterocycles. The highest BCUT2D eigenvalue weighted by atomic mass is 127. The molecule has 0 spiro atoms. The lowest BCUT2D eigenvalue weighted by molar-refractivity contribution is -0.138. The van der Waals surface area contributed by atoms with Crippen LogP contribution >= 0.6 is 45.2 Å². The molecule has 0 aliphatic carbocycles. The van der Waals surface area contributed by atoms with Gasteiger partial charge in [0.05, 0.1) is 4.05 Å². The van der Waals surface area contributed by atoms with Gasteiger partial charge in [-0.15, -0.1) is 0 Å². The third kappa shape index (κ3) is 5.15. The van der Waals surface area contributed by atoms with Crippen molar-refractivity contribution in [3.8, 4) is 0 Å². The number of nitrogens with two attached hydrogens (primary N) is 2.